The minimum Gasteiger partial charge on any atom is -0.275 e. The molecule has 0 aliphatic carbocycles. The summed E-state index contributed by atoms with van der Waals surface area (Å²) in [5.74, 6) is 0. The first-order valence-corrected chi connectivity index (χ1v) is 6.07. The summed E-state index contributed by atoms with van der Waals surface area (Å²) in [6, 6.07) is 6.00. The van der Waals surface area contributed by atoms with Crippen molar-refractivity contribution in [2.45, 2.75) is 6.92 Å². The molecule has 0 saturated heterocycles. The van der Waals surface area contributed by atoms with Gasteiger partial charge in [-0.2, -0.15) is 5.10 Å². The molecule has 1 aromatic carbocycles. The summed E-state index contributed by atoms with van der Waals surface area (Å²) >= 11 is 6.18. The second-order valence-electron chi connectivity index (χ2n) is 4.38. The largest absolute Gasteiger partial charge is 0.275 e. The first-order chi connectivity index (χ1) is 8.65. The smallest absolute Gasteiger partial charge is 0.0740 e. The van der Waals surface area contributed by atoms with Crippen LogP contribution in [-0.2, 0) is 7.05 Å². The SMILES string of the molecule is Cc1ccc(Cl)c2cnc(-c3cnn(C)c3)cc12. The molecule has 0 aliphatic rings. The number of aryl methyl sites for hydroxylation is 2. The number of nitrogens with zero attached hydrogens (tertiary/aromatic N) is 3. The van der Waals surface area contributed by atoms with Crippen molar-refractivity contribution in [3.05, 3.63) is 47.4 Å². The van der Waals surface area contributed by atoms with E-state index in [1.54, 1.807) is 4.68 Å². The van der Waals surface area contributed by atoms with Gasteiger partial charge in [0, 0.05) is 35.4 Å². The molecule has 3 nitrogen and oxygen atoms in total. The zero-order valence-electron chi connectivity index (χ0n) is 10.2. The van der Waals surface area contributed by atoms with Crippen LogP contribution in [0.4, 0.5) is 0 Å². The summed E-state index contributed by atoms with van der Waals surface area (Å²) in [5, 5.41) is 7.03. The summed E-state index contributed by atoms with van der Waals surface area (Å²) in [4.78, 5) is 4.45. The Balaban J connectivity index is 2.25. The van der Waals surface area contributed by atoms with E-state index in [9.17, 15) is 0 Å². The van der Waals surface area contributed by atoms with Gasteiger partial charge in [0.05, 0.1) is 11.9 Å². The van der Waals surface area contributed by atoms with Crippen LogP contribution in [0.15, 0.2) is 36.8 Å². The number of pyridine rings is 1. The van der Waals surface area contributed by atoms with Gasteiger partial charge in [-0.15, -0.1) is 0 Å². The summed E-state index contributed by atoms with van der Waals surface area (Å²) < 4.78 is 1.77. The lowest BCUT2D eigenvalue weighted by molar-refractivity contribution is 0.768. The van der Waals surface area contributed by atoms with E-state index in [-0.39, 0.29) is 0 Å². The molecular formula is C14H12ClN3. The van der Waals surface area contributed by atoms with Gasteiger partial charge in [0.15, 0.2) is 0 Å². The number of benzene rings is 1. The fourth-order valence-corrected chi connectivity index (χ4v) is 2.27. The van der Waals surface area contributed by atoms with Crippen LogP contribution in [0, 0.1) is 6.92 Å². The van der Waals surface area contributed by atoms with Gasteiger partial charge in [0.25, 0.3) is 0 Å². The van der Waals surface area contributed by atoms with Crippen molar-refractivity contribution >= 4 is 22.4 Å². The molecule has 4 heteroatoms. The Kier molecular flexibility index (Phi) is 2.56. The van der Waals surface area contributed by atoms with Crippen LogP contribution in [-0.4, -0.2) is 14.8 Å². The van der Waals surface area contributed by atoms with Gasteiger partial charge in [0.1, 0.15) is 0 Å². The monoisotopic (exact) mass is 257 g/mol. The highest BCUT2D eigenvalue weighted by Gasteiger charge is 2.07. The number of fused-ring (bicyclic) bond motifs is 1. The predicted molar refractivity (Wildman–Crippen MR) is 73.7 cm³/mol. The van der Waals surface area contributed by atoms with E-state index >= 15 is 0 Å². The van der Waals surface area contributed by atoms with Crippen LogP contribution < -0.4 is 0 Å². The number of rotatable bonds is 1. The Morgan fingerprint density at radius 3 is 2.72 bits per heavy atom. The normalized spacial score (nSPS) is 11.1. The van der Waals surface area contributed by atoms with Crippen molar-refractivity contribution < 1.29 is 0 Å². The first kappa shape index (κ1) is 11.2. The van der Waals surface area contributed by atoms with Crippen molar-refractivity contribution in [2.75, 3.05) is 0 Å². The van der Waals surface area contributed by atoms with Gasteiger partial charge in [0.2, 0.25) is 0 Å². The Morgan fingerprint density at radius 1 is 1.17 bits per heavy atom. The lowest BCUT2D eigenvalue weighted by atomic mass is 10.1. The number of halogens is 1. The molecule has 0 N–H and O–H groups in total. The third-order valence-electron chi connectivity index (χ3n) is 3.07. The Hall–Kier alpha value is -1.87. The third kappa shape index (κ3) is 1.77. The molecule has 90 valence electrons. The van der Waals surface area contributed by atoms with E-state index < -0.39 is 0 Å². The van der Waals surface area contributed by atoms with Crippen molar-refractivity contribution in [2.24, 2.45) is 7.05 Å². The number of aromatic nitrogens is 3. The van der Waals surface area contributed by atoms with Crippen molar-refractivity contribution in [1.82, 2.24) is 14.8 Å². The van der Waals surface area contributed by atoms with Gasteiger partial charge in [-0.05, 0) is 30.0 Å². The molecule has 2 heterocycles. The highest BCUT2D eigenvalue weighted by atomic mass is 35.5. The zero-order valence-corrected chi connectivity index (χ0v) is 10.9. The second kappa shape index (κ2) is 4.10. The molecule has 0 bridgehead atoms. The van der Waals surface area contributed by atoms with E-state index in [4.69, 9.17) is 11.6 Å². The average Bonchev–Trinajstić information content (AvgIpc) is 2.80. The maximum atomic E-state index is 6.18. The van der Waals surface area contributed by atoms with E-state index in [0.717, 1.165) is 27.1 Å². The Bertz CT molecular complexity index is 731. The summed E-state index contributed by atoms with van der Waals surface area (Å²) in [5.41, 5.74) is 3.13. The van der Waals surface area contributed by atoms with Gasteiger partial charge >= 0.3 is 0 Å². The summed E-state index contributed by atoms with van der Waals surface area (Å²) in [6.07, 6.45) is 5.59. The highest BCUT2D eigenvalue weighted by molar-refractivity contribution is 6.35. The van der Waals surface area contributed by atoms with E-state index in [0.29, 0.717) is 0 Å². The molecule has 0 amide bonds. The van der Waals surface area contributed by atoms with Gasteiger partial charge < -0.3 is 0 Å². The van der Waals surface area contributed by atoms with Crippen LogP contribution in [0.5, 0.6) is 0 Å². The fraction of sp³-hybridized carbons (Fsp3) is 0.143. The maximum absolute atomic E-state index is 6.18. The molecule has 0 radical (unpaired) electrons. The van der Waals surface area contributed by atoms with Gasteiger partial charge in [-0.1, -0.05) is 17.7 Å². The molecular weight excluding hydrogens is 246 g/mol. The van der Waals surface area contributed by atoms with Crippen molar-refractivity contribution in [3.8, 4) is 11.3 Å². The van der Waals surface area contributed by atoms with Crippen LogP contribution in [0.1, 0.15) is 5.56 Å². The third-order valence-corrected chi connectivity index (χ3v) is 3.40. The number of hydrogen-bond acceptors (Lipinski definition) is 2. The molecule has 0 aliphatic heterocycles. The predicted octanol–water partition coefficient (Wildman–Crippen LogP) is 3.60. The quantitative estimate of drug-likeness (QED) is 0.667. The van der Waals surface area contributed by atoms with Crippen LogP contribution in [0.2, 0.25) is 5.02 Å². The van der Waals surface area contributed by atoms with E-state index in [2.05, 4.69) is 23.1 Å². The highest BCUT2D eigenvalue weighted by Crippen LogP contribution is 2.28. The molecule has 0 atom stereocenters. The average molecular weight is 258 g/mol. The van der Waals surface area contributed by atoms with Crippen LogP contribution in [0.3, 0.4) is 0 Å². The maximum Gasteiger partial charge on any atom is 0.0740 e. The number of hydrogen-bond donors (Lipinski definition) is 0. The summed E-state index contributed by atoms with van der Waals surface area (Å²) in [7, 11) is 1.90. The topological polar surface area (TPSA) is 30.7 Å². The zero-order chi connectivity index (χ0) is 12.7. The molecule has 3 rings (SSSR count). The first-order valence-electron chi connectivity index (χ1n) is 5.69. The molecule has 0 saturated carbocycles. The van der Waals surface area contributed by atoms with Crippen molar-refractivity contribution in [3.63, 3.8) is 0 Å². The minimum absolute atomic E-state index is 0.737. The molecule has 0 fully saturated rings. The molecule has 2 aromatic heterocycles. The molecule has 18 heavy (non-hydrogen) atoms. The van der Waals surface area contributed by atoms with Crippen molar-refractivity contribution in [1.29, 1.82) is 0 Å². The van der Waals surface area contributed by atoms with Gasteiger partial charge in [-0.3, -0.25) is 9.67 Å². The minimum atomic E-state index is 0.737. The van der Waals surface area contributed by atoms with Crippen LogP contribution >= 0.6 is 11.6 Å². The lowest BCUT2D eigenvalue weighted by Gasteiger charge is -2.05. The Labute approximate surface area is 110 Å². The molecule has 0 spiro atoms. The molecule has 3 aromatic rings. The lowest BCUT2D eigenvalue weighted by Crippen LogP contribution is -1.87. The Morgan fingerprint density at radius 2 is 2.00 bits per heavy atom. The van der Waals surface area contributed by atoms with E-state index in [1.807, 2.05) is 37.8 Å². The fourth-order valence-electron chi connectivity index (χ4n) is 2.06. The standard InChI is InChI=1S/C14H12ClN3/c1-9-3-4-13(15)12-7-16-14(5-11(9)12)10-6-17-18(2)8-10/h3-8H,1-2H3. The van der Waals surface area contributed by atoms with E-state index in [1.165, 1.54) is 5.56 Å². The van der Waals surface area contributed by atoms with Crippen LogP contribution in [0.25, 0.3) is 22.0 Å². The summed E-state index contributed by atoms with van der Waals surface area (Å²) in [6.45, 7) is 2.08. The van der Waals surface area contributed by atoms with Gasteiger partial charge in [-0.25, -0.2) is 0 Å². The second-order valence-corrected chi connectivity index (χ2v) is 4.79. The molecule has 0 unspecified atom stereocenters.